The van der Waals surface area contributed by atoms with Crippen LogP contribution in [0.5, 0.6) is 11.6 Å². The lowest BCUT2D eigenvalue weighted by molar-refractivity contribution is 0.170. The second-order valence-corrected chi connectivity index (χ2v) is 6.99. The van der Waals surface area contributed by atoms with Crippen molar-refractivity contribution < 1.29 is 9.47 Å². The molecule has 1 aliphatic heterocycles. The third-order valence-electron chi connectivity index (χ3n) is 4.91. The van der Waals surface area contributed by atoms with E-state index in [0.717, 1.165) is 43.1 Å². The van der Waals surface area contributed by atoms with Gasteiger partial charge in [-0.3, -0.25) is 9.20 Å². The molecule has 8 heteroatoms. The van der Waals surface area contributed by atoms with Gasteiger partial charge in [0.2, 0.25) is 11.7 Å². The van der Waals surface area contributed by atoms with E-state index < -0.39 is 0 Å². The number of hydrogen-bond donors (Lipinski definition) is 0. The zero-order chi connectivity index (χ0) is 19.7. The molecule has 0 bridgehead atoms. The predicted octanol–water partition coefficient (Wildman–Crippen LogP) is 2.16. The maximum absolute atomic E-state index is 12.1. The predicted molar refractivity (Wildman–Crippen MR) is 105 cm³/mol. The van der Waals surface area contributed by atoms with E-state index in [4.69, 9.17) is 9.47 Å². The quantitative estimate of drug-likeness (QED) is 0.685. The Morgan fingerprint density at radius 2 is 1.93 bits per heavy atom. The second-order valence-electron chi connectivity index (χ2n) is 6.99. The third-order valence-corrected chi connectivity index (χ3v) is 4.91. The molecule has 1 fully saturated rings. The van der Waals surface area contributed by atoms with Crippen LogP contribution in [0.1, 0.15) is 24.1 Å². The number of nitrogens with zero attached hydrogens (tertiary/aromatic N) is 5. The zero-order valence-corrected chi connectivity index (χ0v) is 16.3. The Labute approximate surface area is 162 Å². The topological polar surface area (TPSA) is 81.9 Å². The summed E-state index contributed by atoms with van der Waals surface area (Å²) >= 11 is 0. The molecule has 4 heterocycles. The number of piperidine rings is 1. The minimum atomic E-state index is -0.107. The average molecular weight is 381 g/mol. The number of aromatic nitrogens is 4. The monoisotopic (exact) mass is 381 g/mol. The molecule has 0 unspecified atom stereocenters. The number of rotatable bonds is 4. The molecule has 0 spiro atoms. The first-order valence-corrected chi connectivity index (χ1v) is 9.33. The third kappa shape index (κ3) is 3.62. The van der Waals surface area contributed by atoms with Crippen LogP contribution >= 0.6 is 0 Å². The van der Waals surface area contributed by atoms with Gasteiger partial charge in [0.15, 0.2) is 0 Å². The van der Waals surface area contributed by atoms with Crippen molar-refractivity contribution in [3.05, 3.63) is 52.2 Å². The van der Waals surface area contributed by atoms with Gasteiger partial charge in [-0.1, -0.05) is 0 Å². The van der Waals surface area contributed by atoms with E-state index in [1.807, 2.05) is 19.2 Å². The lowest BCUT2D eigenvalue weighted by atomic mass is 10.1. The highest BCUT2D eigenvalue weighted by Gasteiger charge is 2.23. The maximum atomic E-state index is 12.1. The fourth-order valence-electron chi connectivity index (χ4n) is 3.48. The Morgan fingerprint density at radius 1 is 1.14 bits per heavy atom. The smallest absolute Gasteiger partial charge is 0.259 e. The number of ether oxygens (including phenoxy) is 2. The molecular formula is C20H23N5O3. The molecule has 3 aromatic heterocycles. The maximum Gasteiger partial charge on any atom is 0.259 e. The van der Waals surface area contributed by atoms with Crippen LogP contribution in [0.3, 0.4) is 0 Å². The van der Waals surface area contributed by atoms with Crippen LogP contribution in [0.2, 0.25) is 0 Å². The van der Waals surface area contributed by atoms with Gasteiger partial charge < -0.3 is 14.4 Å². The molecule has 1 saturated heterocycles. The summed E-state index contributed by atoms with van der Waals surface area (Å²) in [5.41, 5.74) is 1.52. The average Bonchev–Trinajstić information content (AvgIpc) is 2.69. The number of methoxy groups -OCH3 is 1. The minimum Gasteiger partial charge on any atom is -0.489 e. The first-order chi connectivity index (χ1) is 13.5. The van der Waals surface area contributed by atoms with Gasteiger partial charge in [-0.25, -0.2) is 9.97 Å². The number of aryl methyl sites for hydroxylation is 2. The molecule has 0 saturated carbocycles. The van der Waals surface area contributed by atoms with E-state index in [-0.39, 0.29) is 11.7 Å². The molecule has 146 valence electrons. The second kappa shape index (κ2) is 7.46. The van der Waals surface area contributed by atoms with Gasteiger partial charge in [-0.05, 0) is 19.9 Å². The molecule has 0 N–H and O–H groups in total. The molecule has 4 rings (SSSR count). The Morgan fingerprint density at radius 3 is 2.61 bits per heavy atom. The lowest BCUT2D eigenvalue weighted by Crippen LogP contribution is -2.39. The largest absolute Gasteiger partial charge is 0.489 e. The van der Waals surface area contributed by atoms with E-state index in [2.05, 4.69) is 19.9 Å². The number of hydrogen-bond acceptors (Lipinski definition) is 7. The van der Waals surface area contributed by atoms with Gasteiger partial charge in [0, 0.05) is 55.5 Å². The summed E-state index contributed by atoms with van der Waals surface area (Å²) in [6.45, 7) is 5.43. The fourth-order valence-corrected chi connectivity index (χ4v) is 3.48. The minimum absolute atomic E-state index is 0.107. The Balaban J connectivity index is 1.47. The van der Waals surface area contributed by atoms with Gasteiger partial charge in [0.1, 0.15) is 17.7 Å². The summed E-state index contributed by atoms with van der Waals surface area (Å²) in [6.07, 6.45) is 5.40. The van der Waals surface area contributed by atoms with Gasteiger partial charge in [0.25, 0.3) is 5.56 Å². The molecule has 0 aromatic carbocycles. The van der Waals surface area contributed by atoms with E-state index >= 15 is 0 Å². The van der Waals surface area contributed by atoms with Gasteiger partial charge in [-0.15, -0.1) is 0 Å². The Kier molecular flexibility index (Phi) is 4.85. The van der Waals surface area contributed by atoms with Crippen LogP contribution in [0.25, 0.3) is 5.78 Å². The van der Waals surface area contributed by atoms with Crippen molar-refractivity contribution in [1.82, 2.24) is 19.4 Å². The summed E-state index contributed by atoms with van der Waals surface area (Å²) in [4.78, 5) is 27.6. The summed E-state index contributed by atoms with van der Waals surface area (Å²) in [5.74, 6) is 2.64. The van der Waals surface area contributed by atoms with Crippen molar-refractivity contribution in [1.29, 1.82) is 0 Å². The van der Waals surface area contributed by atoms with Crippen LogP contribution in [0, 0.1) is 13.8 Å². The number of fused-ring (bicyclic) bond motifs is 1. The van der Waals surface area contributed by atoms with Crippen LogP contribution in [-0.2, 0) is 0 Å². The summed E-state index contributed by atoms with van der Waals surface area (Å²) in [6, 6.07) is 5.19. The highest BCUT2D eigenvalue weighted by atomic mass is 16.5. The van der Waals surface area contributed by atoms with E-state index in [1.54, 1.807) is 26.3 Å². The van der Waals surface area contributed by atoms with Gasteiger partial charge in [0.05, 0.1) is 13.3 Å². The van der Waals surface area contributed by atoms with E-state index in [9.17, 15) is 4.79 Å². The first-order valence-electron chi connectivity index (χ1n) is 9.33. The molecule has 0 atom stereocenters. The molecule has 0 aliphatic carbocycles. The van der Waals surface area contributed by atoms with E-state index in [1.165, 1.54) is 10.5 Å². The van der Waals surface area contributed by atoms with Crippen molar-refractivity contribution in [2.24, 2.45) is 0 Å². The SMILES string of the molecule is COc1ccc(OC2CCN(c3nc4nc(C)cc(=O)n4cc3C)CC2)cn1. The first kappa shape index (κ1) is 18.2. The molecular weight excluding hydrogens is 358 g/mol. The molecule has 3 aromatic rings. The fraction of sp³-hybridized carbons (Fsp3) is 0.400. The normalized spacial score (nSPS) is 15.0. The lowest BCUT2D eigenvalue weighted by Gasteiger charge is -2.33. The van der Waals surface area contributed by atoms with Crippen LogP contribution in [0.15, 0.2) is 35.4 Å². The Bertz CT molecular complexity index is 1040. The van der Waals surface area contributed by atoms with Crippen molar-refractivity contribution in [3.63, 3.8) is 0 Å². The number of pyridine rings is 1. The van der Waals surface area contributed by atoms with Crippen LogP contribution in [0.4, 0.5) is 5.82 Å². The highest BCUT2D eigenvalue weighted by molar-refractivity contribution is 5.51. The molecule has 0 radical (unpaired) electrons. The molecule has 1 aliphatic rings. The van der Waals surface area contributed by atoms with E-state index in [0.29, 0.717) is 17.4 Å². The summed E-state index contributed by atoms with van der Waals surface area (Å²) in [5, 5.41) is 0. The van der Waals surface area contributed by atoms with Gasteiger partial charge in [-0.2, -0.15) is 4.98 Å². The Hall–Kier alpha value is -3.16. The molecule has 28 heavy (non-hydrogen) atoms. The standard InChI is InChI=1S/C20H23N5O3/c1-13-12-25-18(26)10-14(2)22-20(25)23-19(13)24-8-6-15(7-9-24)28-16-4-5-17(27-3)21-11-16/h4-5,10-12,15H,6-9H2,1-3H3. The van der Waals surface area contributed by atoms with Gasteiger partial charge >= 0.3 is 0 Å². The van der Waals surface area contributed by atoms with Crippen molar-refractivity contribution in [3.8, 4) is 11.6 Å². The zero-order valence-electron chi connectivity index (χ0n) is 16.3. The van der Waals surface area contributed by atoms with Crippen LogP contribution < -0.4 is 19.9 Å². The van der Waals surface area contributed by atoms with Crippen molar-refractivity contribution >= 4 is 11.6 Å². The molecule has 0 amide bonds. The van der Waals surface area contributed by atoms with Crippen molar-refractivity contribution in [2.45, 2.75) is 32.8 Å². The summed E-state index contributed by atoms with van der Waals surface area (Å²) < 4.78 is 12.6. The number of anilines is 1. The molecule has 8 nitrogen and oxygen atoms in total. The summed E-state index contributed by atoms with van der Waals surface area (Å²) in [7, 11) is 1.59. The van der Waals surface area contributed by atoms with Crippen LogP contribution in [-0.4, -0.2) is 45.7 Å². The highest BCUT2D eigenvalue weighted by Crippen LogP contribution is 2.24. The van der Waals surface area contributed by atoms with Crippen molar-refractivity contribution in [2.75, 3.05) is 25.1 Å².